The summed E-state index contributed by atoms with van der Waals surface area (Å²) < 4.78 is 4.02. The van der Waals surface area contributed by atoms with E-state index < -0.39 is 12.2 Å². The highest BCUT2D eigenvalue weighted by Gasteiger charge is 2.12. The Morgan fingerprint density at radius 2 is 2.20 bits per heavy atom. The van der Waals surface area contributed by atoms with Crippen molar-refractivity contribution >= 4 is 21.4 Å². The number of hydrogen-bond donors (Lipinski definition) is 3. The molecule has 0 amide bonds. The molecular formula is C3H8N3O3P. The normalized spacial score (nSPS) is 11.8. The van der Waals surface area contributed by atoms with Crippen LogP contribution in [0.2, 0.25) is 0 Å². The zero-order valence-electron chi connectivity index (χ0n) is 5.02. The fraction of sp³-hybridized carbons (Fsp3) is 0.333. The van der Waals surface area contributed by atoms with Crippen LogP contribution in [-0.2, 0) is 9.32 Å². The predicted octanol–water partition coefficient (Wildman–Crippen LogP) is -2.09. The monoisotopic (exact) mass is 165 g/mol. The maximum absolute atomic E-state index is 10.3. The van der Waals surface area contributed by atoms with Gasteiger partial charge in [-0.1, -0.05) is 0 Å². The fourth-order valence-electron chi connectivity index (χ4n) is 0.255. The molecular weight excluding hydrogens is 157 g/mol. The Morgan fingerprint density at radius 1 is 1.70 bits per heavy atom. The molecule has 2 unspecified atom stereocenters. The Labute approximate surface area is 59.5 Å². The number of carbonyl (C=O) groups is 1. The maximum atomic E-state index is 10.3. The number of nitrogens with two attached hydrogens (primary N) is 2. The molecule has 0 saturated heterocycles. The fourth-order valence-corrected chi connectivity index (χ4v) is 0.376. The van der Waals surface area contributed by atoms with Gasteiger partial charge in [0, 0.05) is 0 Å². The summed E-state index contributed by atoms with van der Waals surface area (Å²) in [7, 11) is 1.66. The zero-order chi connectivity index (χ0) is 8.15. The van der Waals surface area contributed by atoms with E-state index in [-0.39, 0.29) is 5.96 Å². The molecule has 0 aromatic heterocycles. The number of guanidine groups is 1. The number of rotatable bonds is 2. The minimum Gasteiger partial charge on any atom is -0.448 e. The van der Waals surface area contributed by atoms with Crippen LogP contribution < -0.4 is 11.5 Å². The quantitative estimate of drug-likeness (QED) is 0.247. The smallest absolute Gasteiger partial charge is 0.360 e. The van der Waals surface area contributed by atoms with Gasteiger partial charge in [0.05, 0.1) is 9.47 Å². The van der Waals surface area contributed by atoms with Crippen LogP contribution in [0.3, 0.4) is 0 Å². The van der Waals surface area contributed by atoms with E-state index in [1.165, 1.54) is 0 Å². The number of aliphatic hydroxyl groups excluding tert-OH is 1. The van der Waals surface area contributed by atoms with E-state index in [0.717, 1.165) is 0 Å². The average molecular weight is 165 g/mol. The standard InChI is InChI=1S/C3H8N3O3P/c4-3(5)6-1(7)2(8)9-10/h1,7H,10H2,(H4,4,5,6). The summed E-state index contributed by atoms with van der Waals surface area (Å²) in [4.78, 5) is 13.4. The Kier molecular flexibility index (Phi) is 3.68. The van der Waals surface area contributed by atoms with Gasteiger partial charge in [-0.25, -0.2) is 9.79 Å². The minimum atomic E-state index is -1.64. The molecule has 0 heterocycles. The van der Waals surface area contributed by atoms with Crippen LogP contribution in [-0.4, -0.2) is 23.3 Å². The van der Waals surface area contributed by atoms with Crippen LogP contribution >= 0.6 is 9.47 Å². The molecule has 0 spiro atoms. The molecule has 2 atom stereocenters. The van der Waals surface area contributed by atoms with Crippen molar-refractivity contribution in [2.24, 2.45) is 16.5 Å². The van der Waals surface area contributed by atoms with E-state index in [9.17, 15) is 4.79 Å². The summed E-state index contributed by atoms with van der Waals surface area (Å²) in [6.07, 6.45) is -1.64. The molecule has 7 heteroatoms. The first-order valence-corrected chi connectivity index (χ1v) is 2.72. The molecule has 0 fully saturated rings. The van der Waals surface area contributed by atoms with Crippen molar-refractivity contribution in [1.82, 2.24) is 0 Å². The van der Waals surface area contributed by atoms with Crippen LogP contribution in [0.4, 0.5) is 0 Å². The number of nitrogens with zero attached hydrogens (tertiary/aromatic N) is 1. The second-order valence-electron chi connectivity index (χ2n) is 1.36. The number of aliphatic imine (C=N–C) groups is 1. The summed E-state index contributed by atoms with van der Waals surface area (Å²) in [5.74, 6) is -1.30. The largest absolute Gasteiger partial charge is 0.448 e. The number of hydrogen-bond acceptors (Lipinski definition) is 4. The molecule has 10 heavy (non-hydrogen) atoms. The average Bonchev–Trinajstić information content (AvgIpc) is 1.85. The predicted molar refractivity (Wildman–Crippen MR) is 37.6 cm³/mol. The molecule has 0 saturated carbocycles. The van der Waals surface area contributed by atoms with Crippen LogP contribution in [0.5, 0.6) is 0 Å². The maximum Gasteiger partial charge on any atom is 0.360 e. The van der Waals surface area contributed by atoms with Crippen molar-refractivity contribution in [1.29, 1.82) is 0 Å². The molecule has 58 valence electrons. The SMILES string of the molecule is NC(N)=NC(O)C(=O)OP. The van der Waals surface area contributed by atoms with Gasteiger partial charge in [0.25, 0.3) is 0 Å². The molecule has 0 aliphatic rings. The van der Waals surface area contributed by atoms with E-state index >= 15 is 0 Å². The molecule has 0 aromatic rings. The topological polar surface area (TPSA) is 111 Å². The van der Waals surface area contributed by atoms with Gasteiger partial charge in [-0.05, 0) is 0 Å². The molecule has 0 bridgehead atoms. The summed E-state index contributed by atoms with van der Waals surface area (Å²) in [5.41, 5.74) is 9.68. The molecule has 0 aliphatic carbocycles. The van der Waals surface area contributed by atoms with Crippen molar-refractivity contribution in [3.63, 3.8) is 0 Å². The Morgan fingerprint density at radius 3 is 2.50 bits per heavy atom. The Balaban J connectivity index is 3.96. The van der Waals surface area contributed by atoms with E-state index in [1.54, 1.807) is 9.47 Å². The Hall–Kier alpha value is -0.870. The lowest BCUT2D eigenvalue weighted by molar-refractivity contribution is -0.141. The number of carbonyl (C=O) groups excluding carboxylic acids is 1. The minimum absolute atomic E-state index is 0.372. The summed E-state index contributed by atoms with van der Waals surface area (Å²) in [5, 5.41) is 8.65. The molecule has 5 N–H and O–H groups in total. The lowest BCUT2D eigenvalue weighted by Crippen LogP contribution is -2.28. The van der Waals surface area contributed by atoms with Crippen molar-refractivity contribution in [3.05, 3.63) is 0 Å². The summed E-state index contributed by atoms with van der Waals surface area (Å²) >= 11 is 0. The summed E-state index contributed by atoms with van der Waals surface area (Å²) in [6.45, 7) is 0. The third kappa shape index (κ3) is 3.21. The number of aliphatic hydroxyl groups is 1. The molecule has 0 aliphatic heterocycles. The van der Waals surface area contributed by atoms with Crippen molar-refractivity contribution < 1.29 is 14.4 Å². The Bertz CT molecular complexity index is 155. The lowest BCUT2D eigenvalue weighted by Gasteiger charge is -2.01. The van der Waals surface area contributed by atoms with Gasteiger partial charge < -0.3 is 21.1 Å². The summed E-state index contributed by atoms with van der Waals surface area (Å²) in [6, 6.07) is 0. The van der Waals surface area contributed by atoms with Gasteiger partial charge in [0.2, 0.25) is 6.23 Å². The molecule has 0 aromatic carbocycles. The van der Waals surface area contributed by atoms with Crippen LogP contribution in [0.1, 0.15) is 0 Å². The molecule has 0 radical (unpaired) electrons. The molecule has 0 rings (SSSR count). The first-order chi connectivity index (χ1) is 4.57. The second kappa shape index (κ2) is 4.03. The van der Waals surface area contributed by atoms with Gasteiger partial charge in [-0.15, -0.1) is 0 Å². The highest BCUT2D eigenvalue weighted by Crippen LogP contribution is 1.93. The van der Waals surface area contributed by atoms with Crippen LogP contribution in [0.25, 0.3) is 0 Å². The van der Waals surface area contributed by atoms with Gasteiger partial charge in [-0.2, -0.15) is 0 Å². The van der Waals surface area contributed by atoms with Crippen LogP contribution in [0.15, 0.2) is 4.99 Å². The van der Waals surface area contributed by atoms with Gasteiger partial charge >= 0.3 is 5.97 Å². The van der Waals surface area contributed by atoms with Gasteiger partial charge in [0.15, 0.2) is 5.96 Å². The van der Waals surface area contributed by atoms with Crippen molar-refractivity contribution in [2.75, 3.05) is 0 Å². The highest BCUT2D eigenvalue weighted by atomic mass is 31.0. The third-order valence-corrected chi connectivity index (χ3v) is 0.831. The first-order valence-electron chi connectivity index (χ1n) is 2.25. The van der Waals surface area contributed by atoms with Crippen molar-refractivity contribution in [2.45, 2.75) is 6.23 Å². The second-order valence-corrected chi connectivity index (χ2v) is 1.60. The van der Waals surface area contributed by atoms with E-state index in [2.05, 4.69) is 9.52 Å². The van der Waals surface area contributed by atoms with E-state index in [4.69, 9.17) is 16.6 Å². The third-order valence-electron chi connectivity index (χ3n) is 0.598. The van der Waals surface area contributed by atoms with Crippen LogP contribution in [0, 0.1) is 0 Å². The lowest BCUT2D eigenvalue weighted by atomic mass is 10.6. The molecule has 6 nitrogen and oxygen atoms in total. The van der Waals surface area contributed by atoms with E-state index in [1.807, 2.05) is 0 Å². The van der Waals surface area contributed by atoms with Crippen molar-refractivity contribution in [3.8, 4) is 0 Å². The van der Waals surface area contributed by atoms with Gasteiger partial charge in [0.1, 0.15) is 0 Å². The highest BCUT2D eigenvalue weighted by molar-refractivity contribution is 7.10. The zero-order valence-corrected chi connectivity index (χ0v) is 6.18. The first kappa shape index (κ1) is 9.13. The van der Waals surface area contributed by atoms with Gasteiger partial charge in [-0.3, -0.25) is 0 Å². The van der Waals surface area contributed by atoms with E-state index in [0.29, 0.717) is 0 Å².